The molecule has 0 amide bonds. The fourth-order valence-electron chi connectivity index (χ4n) is 4.06. The Labute approximate surface area is 184 Å². The van der Waals surface area contributed by atoms with Crippen LogP contribution in [0.2, 0.25) is 0 Å². The van der Waals surface area contributed by atoms with Crippen LogP contribution in [0.3, 0.4) is 0 Å². The van der Waals surface area contributed by atoms with Crippen molar-refractivity contribution in [1.29, 1.82) is 0 Å². The molecule has 0 radical (unpaired) electrons. The van der Waals surface area contributed by atoms with Crippen molar-refractivity contribution in [3.63, 3.8) is 0 Å². The van der Waals surface area contributed by atoms with Crippen LogP contribution in [0.15, 0.2) is 9.98 Å². The molecule has 2 N–H and O–H groups in total. The van der Waals surface area contributed by atoms with Gasteiger partial charge in [0, 0.05) is 19.4 Å². The van der Waals surface area contributed by atoms with Crippen LogP contribution in [0.4, 0.5) is 0 Å². The van der Waals surface area contributed by atoms with Gasteiger partial charge in [-0.25, -0.2) is 0 Å². The number of carbonyl (C=O) groups is 1. The third kappa shape index (κ3) is 7.97. The Balaban J connectivity index is 1.66. The SMILES string of the molecule is CCCCN(CCCCCCCC=O)CCCN1C=NC2C(N)=NC(I)CC21. The minimum Gasteiger partial charge on any atom is -0.386 e. The van der Waals surface area contributed by atoms with E-state index in [1.807, 2.05) is 6.34 Å². The molecule has 0 aromatic carbocycles. The molecular formula is C21H38IN5O. The number of unbranched alkanes of at least 4 members (excludes halogenated alkanes) is 6. The van der Waals surface area contributed by atoms with Crippen LogP contribution in [0.25, 0.3) is 0 Å². The van der Waals surface area contributed by atoms with Gasteiger partial charge in [0.15, 0.2) is 0 Å². The molecule has 2 aliphatic rings. The average Bonchev–Trinajstić information content (AvgIpc) is 3.08. The third-order valence-electron chi connectivity index (χ3n) is 5.71. The summed E-state index contributed by atoms with van der Waals surface area (Å²) in [4.78, 5) is 24.5. The van der Waals surface area contributed by atoms with Crippen LogP contribution in [0, 0.1) is 0 Å². The number of nitrogens with two attached hydrogens (primary N) is 1. The number of amidine groups is 1. The minimum absolute atomic E-state index is 0.0708. The highest BCUT2D eigenvalue weighted by Crippen LogP contribution is 2.27. The normalized spacial score (nSPS) is 23.9. The molecule has 0 aliphatic carbocycles. The second kappa shape index (κ2) is 13.5. The van der Waals surface area contributed by atoms with Gasteiger partial charge >= 0.3 is 0 Å². The van der Waals surface area contributed by atoms with E-state index in [0.717, 1.165) is 38.6 Å². The first-order valence-electron chi connectivity index (χ1n) is 11.1. The number of carbonyl (C=O) groups excluding carboxylic acids is 1. The Kier molecular flexibility index (Phi) is 11.4. The molecule has 3 unspecified atom stereocenters. The van der Waals surface area contributed by atoms with Gasteiger partial charge in [0.2, 0.25) is 0 Å². The van der Waals surface area contributed by atoms with Crippen LogP contribution in [-0.4, -0.2) is 70.6 Å². The van der Waals surface area contributed by atoms with Gasteiger partial charge < -0.3 is 20.3 Å². The second-order valence-corrected chi connectivity index (χ2v) is 9.45. The summed E-state index contributed by atoms with van der Waals surface area (Å²) in [6.45, 7) is 6.88. The molecule has 7 heteroatoms. The number of nitrogens with zero attached hydrogens (tertiary/aromatic N) is 4. The number of aliphatic imine (C=N–C) groups is 2. The van der Waals surface area contributed by atoms with E-state index in [9.17, 15) is 4.79 Å². The van der Waals surface area contributed by atoms with E-state index >= 15 is 0 Å². The van der Waals surface area contributed by atoms with Gasteiger partial charge in [-0.1, -0.05) is 55.2 Å². The quantitative estimate of drug-likeness (QED) is 0.122. The van der Waals surface area contributed by atoms with E-state index in [1.165, 1.54) is 58.0 Å². The van der Waals surface area contributed by atoms with Gasteiger partial charge in [-0.3, -0.25) is 9.98 Å². The standard InChI is InChI=1S/C21H38IN5O/c1-2-3-11-26(12-8-6-4-5-7-9-15-28)13-10-14-27-17-24-20-18(27)16-19(22)25-21(20)23/h15,17-20H,2-14,16H2,1H3,(H2,23,25). The monoisotopic (exact) mass is 503 g/mol. The summed E-state index contributed by atoms with van der Waals surface area (Å²) in [7, 11) is 0. The van der Waals surface area contributed by atoms with Gasteiger partial charge in [-0.15, -0.1) is 0 Å². The van der Waals surface area contributed by atoms with Crippen molar-refractivity contribution in [3.05, 3.63) is 0 Å². The van der Waals surface area contributed by atoms with E-state index in [2.05, 4.69) is 49.3 Å². The highest BCUT2D eigenvalue weighted by Gasteiger charge is 2.37. The molecule has 28 heavy (non-hydrogen) atoms. The van der Waals surface area contributed by atoms with E-state index in [0.29, 0.717) is 11.9 Å². The number of rotatable bonds is 15. The highest BCUT2D eigenvalue weighted by molar-refractivity contribution is 14.1. The van der Waals surface area contributed by atoms with E-state index in [4.69, 9.17) is 5.73 Å². The first kappa shape index (κ1) is 23.6. The summed E-state index contributed by atoms with van der Waals surface area (Å²) in [5.74, 6) is 0.701. The Morgan fingerprint density at radius 3 is 2.68 bits per heavy atom. The summed E-state index contributed by atoms with van der Waals surface area (Å²) in [5, 5.41) is 0. The van der Waals surface area contributed by atoms with Crippen LogP contribution < -0.4 is 5.73 Å². The third-order valence-corrected chi connectivity index (χ3v) is 6.50. The maximum Gasteiger partial charge on any atom is 0.129 e. The molecule has 2 aliphatic heterocycles. The molecule has 2 rings (SSSR count). The molecule has 160 valence electrons. The van der Waals surface area contributed by atoms with E-state index in [-0.39, 0.29) is 10.1 Å². The lowest BCUT2D eigenvalue weighted by molar-refractivity contribution is -0.107. The maximum absolute atomic E-state index is 10.4. The molecule has 0 bridgehead atoms. The number of fused-ring (bicyclic) bond motifs is 1. The molecule has 2 heterocycles. The van der Waals surface area contributed by atoms with Gasteiger partial charge in [0.1, 0.15) is 22.2 Å². The number of hydrogen-bond donors (Lipinski definition) is 1. The zero-order valence-electron chi connectivity index (χ0n) is 17.4. The van der Waals surface area contributed by atoms with Crippen molar-refractivity contribution in [2.24, 2.45) is 15.7 Å². The molecule has 0 fully saturated rings. The van der Waals surface area contributed by atoms with Gasteiger partial charge in [-0.05, 0) is 45.3 Å². The van der Waals surface area contributed by atoms with E-state index < -0.39 is 0 Å². The number of halogens is 1. The zero-order chi connectivity index (χ0) is 20.2. The van der Waals surface area contributed by atoms with Crippen molar-refractivity contribution in [2.75, 3.05) is 26.2 Å². The molecule has 0 saturated carbocycles. The molecule has 0 saturated heterocycles. The molecule has 0 aromatic rings. The largest absolute Gasteiger partial charge is 0.386 e. The summed E-state index contributed by atoms with van der Waals surface area (Å²) in [5.41, 5.74) is 6.09. The number of hydrogen-bond acceptors (Lipinski definition) is 6. The topological polar surface area (TPSA) is 74.3 Å². The summed E-state index contributed by atoms with van der Waals surface area (Å²) >= 11 is 2.38. The Bertz CT molecular complexity index is 513. The number of aldehydes is 1. The van der Waals surface area contributed by atoms with Crippen molar-refractivity contribution < 1.29 is 4.79 Å². The molecular weight excluding hydrogens is 465 g/mol. The Morgan fingerprint density at radius 1 is 1.18 bits per heavy atom. The lowest BCUT2D eigenvalue weighted by atomic mass is 10.0. The predicted octanol–water partition coefficient (Wildman–Crippen LogP) is 3.62. The summed E-state index contributed by atoms with van der Waals surface area (Å²) in [6, 6.07) is 0.469. The fraction of sp³-hybridized carbons (Fsp3) is 0.857. The van der Waals surface area contributed by atoms with Crippen LogP contribution in [0.5, 0.6) is 0 Å². The molecule has 3 atom stereocenters. The van der Waals surface area contributed by atoms with Gasteiger partial charge in [0.05, 0.1) is 12.4 Å². The Hall–Kier alpha value is -0.700. The summed E-state index contributed by atoms with van der Waals surface area (Å²) < 4.78 is 0.274. The van der Waals surface area contributed by atoms with Crippen molar-refractivity contribution in [3.8, 4) is 0 Å². The smallest absolute Gasteiger partial charge is 0.129 e. The first-order chi connectivity index (χ1) is 13.7. The summed E-state index contributed by atoms with van der Waals surface area (Å²) in [6.07, 6.45) is 14.5. The molecule has 6 nitrogen and oxygen atoms in total. The average molecular weight is 503 g/mol. The first-order valence-corrected chi connectivity index (χ1v) is 12.3. The number of alkyl halides is 1. The lowest BCUT2D eigenvalue weighted by Gasteiger charge is -2.32. The zero-order valence-corrected chi connectivity index (χ0v) is 19.6. The van der Waals surface area contributed by atoms with Crippen LogP contribution >= 0.6 is 22.6 Å². The lowest BCUT2D eigenvalue weighted by Crippen LogP contribution is -2.48. The molecule has 0 spiro atoms. The fourth-order valence-corrected chi connectivity index (χ4v) is 4.91. The second-order valence-electron chi connectivity index (χ2n) is 8.01. The van der Waals surface area contributed by atoms with E-state index in [1.54, 1.807) is 0 Å². The van der Waals surface area contributed by atoms with Crippen molar-refractivity contribution in [2.45, 2.75) is 87.3 Å². The van der Waals surface area contributed by atoms with Crippen LogP contribution in [0.1, 0.15) is 71.1 Å². The molecule has 0 aromatic heterocycles. The van der Waals surface area contributed by atoms with Crippen LogP contribution in [-0.2, 0) is 4.79 Å². The van der Waals surface area contributed by atoms with Crippen molar-refractivity contribution >= 4 is 41.1 Å². The van der Waals surface area contributed by atoms with Gasteiger partial charge in [0.25, 0.3) is 0 Å². The highest BCUT2D eigenvalue weighted by atomic mass is 127. The minimum atomic E-state index is 0.0708. The predicted molar refractivity (Wildman–Crippen MR) is 127 cm³/mol. The Morgan fingerprint density at radius 2 is 1.89 bits per heavy atom. The maximum atomic E-state index is 10.4. The van der Waals surface area contributed by atoms with Crippen molar-refractivity contribution in [1.82, 2.24) is 9.80 Å². The van der Waals surface area contributed by atoms with Gasteiger partial charge in [-0.2, -0.15) is 0 Å².